The summed E-state index contributed by atoms with van der Waals surface area (Å²) in [6.45, 7) is 0. The maximum atomic E-state index is 12.6. The zero-order chi connectivity index (χ0) is 17.1. The Bertz CT molecular complexity index is 580. The molecule has 0 atom stereocenters. The van der Waals surface area contributed by atoms with Crippen molar-refractivity contribution in [3.8, 4) is 0 Å². The molecule has 5 nitrogen and oxygen atoms in total. The summed E-state index contributed by atoms with van der Waals surface area (Å²) in [6.07, 6.45) is -1.66. The summed E-state index contributed by atoms with van der Waals surface area (Å²) in [5.41, 5.74) is -0.679. The van der Waals surface area contributed by atoms with Gasteiger partial charge in [-0.05, 0) is 12.8 Å². The fourth-order valence-electron chi connectivity index (χ4n) is 2.73. The van der Waals surface area contributed by atoms with E-state index >= 15 is 0 Å². The first-order valence-corrected chi connectivity index (χ1v) is 8.19. The Morgan fingerprint density at radius 3 is 2.52 bits per heavy atom. The van der Waals surface area contributed by atoms with Crippen LogP contribution in [0, 0.1) is 0 Å². The van der Waals surface area contributed by atoms with Crippen molar-refractivity contribution in [2.75, 3.05) is 7.05 Å². The molecule has 1 heterocycles. The Labute approximate surface area is 135 Å². The average Bonchev–Trinajstić information content (AvgIpc) is 2.96. The molecule has 0 unspecified atom stereocenters. The van der Waals surface area contributed by atoms with Crippen molar-refractivity contribution in [2.24, 2.45) is 0 Å². The highest BCUT2D eigenvalue weighted by molar-refractivity contribution is 7.09. The Morgan fingerprint density at radius 1 is 1.30 bits per heavy atom. The third kappa shape index (κ3) is 4.21. The van der Waals surface area contributed by atoms with E-state index < -0.39 is 17.6 Å². The van der Waals surface area contributed by atoms with Gasteiger partial charge in [-0.15, -0.1) is 11.3 Å². The number of thiazole rings is 1. The van der Waals surface area contributed by atoms with Gasteiger partial charge in [0.25, 0.3) is 0 Å². The number of rotatable bonds is 4. The minimum Gasteiger partial charge on any atom is -0.359 e. The molecule has 1 fully saturated rings. The summed E-state index contributed by atoms with van der Waals surface area (Å²) < 4.78 is 37.9. The smallest absolute Gasteiger partial charge is 0.359 e. The normalized spacial score (nSPS) is 17.6. The Balaban J connectivity index is 2.24. The van der Waals surface area contributed by atoms with Crippen LogP contribution >= 0.6 is 11.3 Å². The van der Waals surface area contributed by atoms with E-state index in [1.54, 1.807) is 5.38 Å². The molecule has 23 heavy (non-hydrogen) atoms. The van der Waals surface area contributed by atoms with Crippen LogP contribution < -0.4 is 10.6 Å². The van der Waals surface area contributed by atoms with Crippen molar-refractivity contribution in [1.29, 1.82) is 0 Å². The van der Waals surface area contributed by atoms with Crippen LogP contribution in [0.4, 0.5) is 13.2 Å². The van der Waals surface area contributed by atoms with E-state index in [1.807, 2.05) is 0 Å². The van der Waals surface area contributed by atoms with Gasteiger partial charge in [-0.3, -0.25) is 9.59 Å². The van der Waals surface area contributed by atoms with Gasteiger partial charge in [-0.1, -0.05) is 19.3 Å². The average molecular weight is 349 g/mol. The molecule has 0 saturated heterocycles. The van der Waals surface area contributed by atoms with Crippen LogP contribution in [0.25, 0.3) is 0 Å². The number of carbonyl (C=O) groups excluding carboxylic acids is 2. The number of amides is 2. The molecule has 1 saturated carbocycles. The standard InChI is InChI=1S/C14H18F3N3O2S/c1-18-10(21)7-11-19-9(8-23-11)13(5-3-2-4-6-13)20-12(22)14(15,16)17/h8H,2-7H2,1H3,(H,18,21)(H,20,22). The predicted molar refractivity (Wildman–Crippen MR) is 78.8 cm³/mol. The van der Waals surface area contributed by atoms with E-state index in [-0.39, 0.29) is 12.3 Å². The molecule has 0 spiro atoms. The molecule has 2 rings (SSSR count). The van der Waals surface area contributed by atoms with Crippen LogP contribution in [0.1, 0.15) is 42.8 Å². The molecule has 2 N–H and O–H groups in total. The summed E-state index contributed by atoms with van der Waals surface area (Å²) in [7, 11) is 1.50. The summed E-state index contributed by atoms with van der Waals surface area (Å²) in [5, 5.41) is 6.78. The number of carbonyl (C=O) groups is 2. The first-order chi connectivity index (χ1) is 10.8. The van der Waals surface area contributed by atoms with Crippen LogP contribution in [-0.4, -0.2) is 30.0 Å². The van der Waals surface area contributed by atoms with Gasteiger partial charge < -0.3 is 10.6 Å². The molecular weight excluding hydrogens is 331 g/mol. The van der Waals surface area contributed by atoms with Crippen molar-refractivity contribution in [3.63, 3.8) is 0 Å². The van der Waals surface area contributed by atoms with Crippen LogP contribution in [0.5, 0.6) is 0 Å². The zero-order valence-electron chi connectivity index (χ0n) is 12.6. The fraction of sp³-hybridized carbons (Fsp3) is 0.643. The second-order valence-electron chi connectivity index (χ2n) is 5.57. The van der Waals surface area contributed by atoms with Gasteiger partial charge in [0.15, 0.2) is 0 Å². The number of hydrogen-bond donors (Lipinski definition) is 2. The lowest BCUT2D eigenvalue weighted by Gasteiger charge is -2.37. The highest BCUT2D eigenvalue weighted by Gasteiger charge is 2.46. The van der Waals surface area contributed by atoms with E-state index in [9.17, 15) is 22.8 Å². The highest BCUT2D eigenvalue weighted by atomic mass is 32.1. The summed E-state index contributed by atoms with van der Waals surface area (Å²) >= 11 is 1.22. The minimum atomic E-state index is -4.93. The molecule has 0 aliphatic heterocycles. The largest absolute Gasteiger partial charge is 0.471 e. The first-order valence-electron chi connectivity index (χ1n) is 7.32. The van der Waals surface area contributed by atoms with Gasteiger partial charge in [0.1, 0.15) is 5.01 Å². The van der Waals surface area contributed by atoms with Crippen LogP contribution in [-0.2, 0) is 21.5 Å². The molecule has 1 aliphatic rings. The van der Waals surface area contributed by atoms with Gasteiger partial charge in [-0.25, -0.2) is 4.98 Å². The lowest BCUT2D eigenvalue weighted by molar-refractivity contribution is -0.176. The molecular formula is C14H18F3N3O2S. The van der Waals surface area contributed by atoms with E-state index in [4.69, 9.17) is 0 Å². The molecule has 0 aromatic carbocycles. The number of likely N-dealkylation sites (N-methyl/N-ethyl adjacent to an activating group) is 1. The maximum absolute atomic E-state index is 12.6. The summed E-state index contributed by atoms with van der Waals surface area (Å²) in [4.78, 5) is 27.1. The second-order valence-corrected chi connectivity index (χ2v) is 6.51. The molecule has 128 valence electrons. The van der Waals surface area contributed by atoms with Crippen molar-refractivity contribution in [2.45, 2.75) is 50.2 Å². The monoisotopic (exact) mass is 349 g/mol. The number of hydrogen-bond acceptors (Lipinski definition) is 4. The quantitative estimate of drug-likeness (QED) is 0.876. The van der Waals surface area contributed by atoms with Crippen molar-refractivity contribution in [3.05, 3.63) is 16.1 Å². The van der Waals surface area contributed by atoms with Gasteiger partial charge >= 0.3 is 12.1 Å². The molecule has 9 heteroatoms. The second kappa shape index (κ2) is 6.86. The Morgan fingerprint density at radius 2 is 1.96 bits per heavy atom. The SMILES string of the molecule is CNC(=O)Cc1nc(C2(NC(=O)C(F)(F)F)CCCCC2)cs1. The van der Waals surface area contributed by atoms with E-state index in [1.165, 1.54) is 18.4 Å². The number of nitrogens with zero attached hydrogens (tertiary/aromatic N) is 1. The van der Waals surface area contributed by atoms with Gasteiger partial charge in [-0.2, -0.15) is 13.2 Å². The molecule has 0 bridgehead atoms. The highest BCUT2D eigenvalue weighted by Crippen LogP contribution is 2.38. The van der Waals surface area contributed by atoms with Crippen LogP contribution in [0.15, 0.2) is 5.38 Å². The molecule has 2 amide bonds. The first kappa shape index (κ1) is 17.7. The zero-order valence-corrected chi connectivity index (χ0v) is 13.4. The molecule has 1 aromatic rings. The fourth-order valence-corrected chi connectivity index (χ4v) is 3.62. The molecule has 1 aliphatic carbocycles. The number of halogens is 3. The third-order valence-electron chi connectivity index (χ3n) is 3.95. The topological polar surface area (TPSA) is 71.1 Å². The van der Waals surface area contributed by atoms with E-state index in [2.05, 4.69) is 15.6 Å². The number of aromatic nitrogens is 1. The molecule has 1 aromatic heterocycles. The van der Waals surface area contributed by atoms with Gasteiger partial charge in [0.2, 0.25) is 5.91 Å². The van der Waals surface area contributed by atoms with Crippen LogP contribution in [0.2, 0.25) is 0 Å². The van der Waals surface area contributed by atoms with Gasteiger partial charge in [0.05, 0.1) is 17.7 Å². The maximum Gasteiger partial charge on any atom is 0.471 e. The Hall–Kier alpha value is -1.64. The van der Waals surface area contributed by atoms with E-state index in [0.29, 0.717) is 23.5 Å². The van der Waals surface area contributed by atoms with Crippen molar-refractivity contribution in [1.82, 2.24) is 15.6 Å². The number of nitrogens with one attached hydrogen (secondary N) is 2. The van der Waals surface area contributed by atoms with Crippen molar-refractivity contribution < 1.29 is 22.8 Å². The Kier molecular flexibility index (Phi) is 5.28. The summed E-state index contributed by atoms with van der Waals surface area (Å²) in [5.74, 6) is -2.16. The lowest BCUT2D eigenvalue weighted by atomic mass is 9.79. The van der Waals surface area contributed by atoms with Crippen LogP contribution in [0.3, 0.4) is 0 Å². The minimum absolute atomic E-state index is 0.0739. The van der Waals surface area contributed by atoms with Gasteiger partial charge in [0, 0.05) is 12.4 Å². The summed E-state index contributed by atoms with van der Waals surface area (Å²) in [6, 6.07) is 0. The third-order valence-corrected chi connectivity index (χ3v) is 4.80. The van der Waals surface area contributed by atoms with E-state index in [0.717, 1.165) is 19.3 Å². The van der Waals surface area contributed by atoms with Crippen molar-refractivity contribution >= 4 is 23.2 Å². The predicted octanol–water partition coefficient (Wildman–Crippen LogP) is 2.27. The lowest BCUT2D eigenvalue weighted by Crippen LogP contribution is -2.51. The number of alkyl halides is 3. The molecule has 0 radical (unpaired) electrons.